The summed E-state index contributed by atoms with van der Waals surface area (Å²) in [5, 5.41) is 9.80. The van der Waals surface area contributed by atoms with Crippen molar-refractivity contribution < 1.29 is 0 Å². The molecule has 0 bridgehead atoms. The summed E-state index contributed by atoms with van der Waals surface area (Å²) in [6.45, 7) is 0. The number of hydrogen-bond acceptors (Lipinski definition) is 3. The Hall–Kier alpha value is -9.54. The van der Waals surface area contributed by atoms with Gasteiger partial charge in [-0.2, -0.15) is 0 Å². The molecule has 0 fully saturated rings. The van der Waals surface area contributed by atoms with Crippen LogP contribution in [0.1, 0.15) is 0 Å². The van der Waals surface area contributed by atoms with Gasteiger partial charge in [0.05, 0.1) is 17.1 Å². The van der Waals surface area contributed by atoms with Crippen LogP contribution in [0.5, 0.6) is 0 Å². The molecule has 0 saturated carbocycles. The number of benzene rings is 13. The Morgan fingerprint density at radius 1 is 0.227 bits per heavy atom. The van der Waals surface area contributed by atoms with E-state index < -0.39 is 0 Å². The Kier molecular flexibility index (Phi) is 11.1. The van der Waals surface area contributed by atoms with Crippen molar-refractivity contribution in [3.8, 4) is 44.5 Å². The molecule has 14 aromatic rings. The molecule has 1 heterocycles. The molecule has 352 valence electrons. The Morgan fingerprint density at radius 3 is 1.45 bits per heavy atom. The summed E-state index contributed by atoms with van der Waals surface area (Å²) in [4.78, 5) is 4.89. The molecule has 0 aliphatic heterocycles. The maximum atomic E-state index is 2.45. The maximum absolute atomic E-state index is 2.45. The van der Waals surface area contributed by atoms with Crippen molar-refractivity contribution in [2.75, 3.05) is 9.80 Å². The van der Waals surface area contributed by atoms with Gasteiger partial charge in [-0.05, 0) is 133 Å². The van der Waals surface area contributed by atoms with Gasteiger partial charge in [0, 0.05) is 53.6 Å². The first-order chi connectivity index (χ1) is 37.2. The zero-order chi connectivity index (χ0) is 49.7. The highest BCUT2D eigenvalue weighted by molar-refractivity contribution is 7.25. The normalized spacial score (nSPS) is 11.5. The average Bonchev–Trinajstić information content (AvgIpc) is 3.87. The van der Waals surface area contributed by atoms with E-state index >= 15 is 0 Å². The Labute approximate surface area is 440 Å². The standard InChI is InChI=1S/C72H48N2S/c1-2-17-49(18-3-1)50-37-39-51(40-38-50)54-23-12-26-60(46-54)74(69-34-15-22-53-20-5-7-28-63(53)69)68-32-10-8-29-64(68)57-24-13-25-59(48-57)73(67-33-14-21-52-19-4-6-27-62(52)67)61-44-43-55-45-58(42-41-56(55)47-61)65-31-16-36-71-72(65)66-30-9-11-35-70(66)75-71/h1-48H. The molecule has 0 saturated heterocycles. The van der Waals surface area contributed by atoms with Crippen molar-refractivity contribution >= 4 is 98.0 Å². The minimum absolute atomic E-state index is 1.07. The fourth-order valence-corrected chi connectivity index (χ4v) is 12.4. The fourth-order valence-electron chi connectivity index (χ4n) is 11.2. The van der Waals surface area contributed by atoms with E-state index in [2.05, 4.69) is 301 Å². The number of nitrogens with zero attached hydrogens (tertiary/aromatic N) is 2. The van der Waals surface area contributed by atoms with Crippen molar-refractivity contribution in [2.45, 2.75) is 0 Å². The lowest BCUT2D eigenvalue weighted by Crippen LogP contribution is -2.12. The zero-order valence-corrected chi connectivity index (χ0v) is 41.8. The molecule has 1 aromatic heterocycles. The van der Waals surface area contributed by atoms with Crippen LogP contribution in [0.4, 0.5) is 34.1 Å². The molecule has 3 heteroatoms. The number of rotatable bonds is 10. The van der Waals surface area contributed by atoms with E-state index in [-0.39, 0.29) is 0 Å². The van der Waals surface area contributed by atoms with E-state index in [9.17, 15) is 0 Å². The zero-order valence-electron chi connectivity index (χ0n) is 41.0. The summed E-state index contributed by atoms with van der Waals surface area (Å²) in [7, 11) is 0. The summed E-state index contributed by atoms with van der Waals surface area (Å²) in [5.74, 6) is 0. The van der Waals surface area contributed by atoms with Crippen LogP contribution < -0.4 is 9.80 Å². The Morgan fingerprint density at radius 2 is 0.680 bits per heavy atom. The molecule has 0 amide bonds. The topological polar surface area (TPSA) is 6.48 Å². The smallest absolute Gasteiger partial charge is 0.0540 e. The number of anilines is 6. The van der Waals surface area contributed by atoms with Crippen LogP contribution in [0.2, 0.25) is 0 Å². The first kappa shape index (κ1) is 44.2. The molecule has 0 N–H and O–H groups in total. The SMILES string of the molecule is c1ccc(-c2ccc(-c3cccc(N(c4ccccc4-c4cccc(N(c5ccc6cc(-c7cccc8sc9ccccc9c78)ccc6c5)c5cccc6ccccc56)c4)c4cccc5ccccc45)c3)cc2)cc1. The molecule has 0 aliphatic rings. The third-order valence-corrected chi connectivity index (χ3v) is 15.9. The summed E-state index contributed by atoms with van der Waals surface area (Å²) >= 11 is 1.87. The number of hydrogen-bond donors (Lipinski definition) is 0. The van der Waals surface area contributed by atoms with E-state index in [0.29, 0.717) is 0 Å². The predicted octanol–water partition coefficient (Wildman–Crippen LogP) is 21.1. The lowest BCUT2D eigenvalue weighted by Gasteiger charge is -2.30. The highest BCUT2D eigenvalue weighted by atomic mass is 32.1. The van der Waals surface area contributed by atoms with Crippen LogP contribution in [0, 0.1) is 0 Å². The molecule has 14 rings (SSSR count). The highest BCUT2D eigenvalue weighted by Crippen LogP contribution is 2.47. The van der Waals surface area contributed by atoms with Crippen molar-refractivity contribution in [3.63, 3.8) is 0 Å². The number of para-hydroxylation sites is 1. The van der Waals surface area contributed by atoms with Gasteiger partial charge in [-0.3, -0.25) is 0 Å². The molecule has 0 radical (unpaired) electrons. The van der Waals surface area contributed by atoms with Crippen LogP contribution in [0.3, 0.4) is 0 Å². The Bertz CT molecular complexity index is 4430. The Balaban J connectivity index is 0.898. The third-order valence-electron chi connectivity index (χ3n) is 14.8. The van der Waals surface area contributed by atoms with Gasteiger partial charge in [0.25, 0.3) is 0 Å². The van der Waals surface area contributed by atoms with Crippen LogP contribution in [-0.2, 0) is 0 Å². The second-order valence-corrected chi connectivity index (χ2v) is 20.3. The number of thiophene rings is 1. The summed E-state index contributed by atoms with van der Waals surface area (Å²) in [6, 6.07) is 107. The minimum atomic E-state index is 1.07. The molecule has 13 aromatic carbocycles. The van der Waals surface area contributed by atoms with E-state index in [4.69, 9.17) is 0 Å². The van der Waals surface area contributed by atoms with Crippen molar-refractivity contribution in [2.24, 2.45) is 0 Å². The van der Waals surface area contributed by atoms with Crippen LogP contribution >= 0.6 is 11.3 Å². The van der Waals surface area contributed by atoms with E-state index in [1.165, 1.54) is 80.3 Å². The molecule has 0 unspecified atom stereocenters. The van der Waals surface area contributed by atoms with Gasteiger partial charge in [0.2, 0.25) is 0 Å². The summed E-state index contributed by atoms with van der Waals surface area (Å²) in [6.07, 6.45) is 0. The summed E-state index contributed by atoms with van der Waals surface area (Å²) < 4.78 is 2.64. The fraction of sp³-hybridized carbons (Fsp3) is 0. The highest BCUT2D eigenvalue weighted by Gasteiger charge is 2.22. The van der Waals surface area contributed by atoms with Gasteiger partial charge in [0.15, 0.2) is 0 Å². The van der Waals surface area contributed by atoms with Gasteiger partial charge >= 0.3 is 0 Å². The number of fused-ring (bicyclic) bond motifs is 6. The van der Waals surface area contributed by atoms with Crippen LogP contribution in [0.25, 0.3) is 97.0 Å². The van der Waals surface area contributed by atoms with Crippen LogP contribution in [0.15, 0.2) is 291 Å². The third kappa shape index (κ3) is 8.08. The van der Waals surface area contributed by atoms with Gasteiger partial charge < -0.3 is 9.80 Å². The molecule has 2 nitrogen and oxygen atoms in total. The average molecular weight is 973 g/mol. The first-order valence-electron chi connectivity index (χ1n) is 25.6. The van der Waals surface area contributed by atoms with Crippen molar-refractivity contribution in [1.29, 1.82) is 0 Å². The second-order valence-electron chi connectivity index (χ2n) is 19.3. The molecule has 0 spiro atoms. The van der Waals surface area contributed by atoms with E-state index in [1.54, 1.807) is 0 Å². The quantitative estimate of drug-likeness (QED) is 0.135. The first-order valence-corrected chi connectivity index (χ1v) is 26.5. The van der Waals surface area contributed by atoms with Gasteiger partial charge in [-0.1, -0.05) is 218 Å². The minimum Gasteiger partial charge on any atom is -0.310 e. The second kappa shape index (κ2) is 18.8. The van der Waals surface area contributed by atoms with E-state index in [0.717, 1.165) is 50.8 Å². The van der Waals surface area contributed by atoms with Gasteiger partial charge in [-0.25, -0.2) is 0 Å². The van der Waals surface area contributed by atoms with Crippen molar-refractivity contribution in [1.82, 2.24) is 0 Å². The van der Waals surface area contributed by atoms with Gasteiger partial charge in [0.1, 0.15) is 0 Å². The molecular formula is C72H48N2S. The summed E-state index contributed by atoms with van der Waals surface area (Å²) in [5.41, 5.74) is 16.1. The monoisotopic (exact) mass is 972 g/mol. The molecule has 75 heavy (non-hydrogen) atoms. The van der Waals surface area contributed by atoms with Gasteiger partial charge in [-0.15, -0.1) is 11.3 Å². The maximum Gasteiger partial charge on any atom is 0.0540 e. The molecule has 0 atom stereocenters. The molecular weight excluding hydrogens is 925 g/mol. The lowest BCUT2D eigenvalue weighted by atomic mass is 9.96. The lowest BCUT2D eigenvalue weighted by molar-refractivity contribution is 1.29. The predicted molar refractivity (Wildman–Crippen MR) is 323 cm³/mol. The van der Waals surface area contributed by atoms with Crippen LogP contribution in [-0.4, -0.2) is 0 Å². The van der Waals surface area contributed by atoms with Crippen molar-refractivity contribution in [3.05, 3.63) is 291 Å². The largest absolute Gasteiger partial charge is 0.310 e. The van der Waals surface area contributed by atoms with E-state index in [1.807, 2.05) is 11.3 Å². The molecule has 0 aliphatic carbocycles.